The van der Waals surface area contributed by atoms with Gasteiger partial charge >= 0.3 is 0 Å². The van der Waals surface area contributed by atoms with Gasteiger partial charge in [-0.05, 0) is 37.5 Å². The Morgan fingerprint density at radius 1 is 1.38 bits per heavy atom. The lowest BCUT2D eigenvalue weighted by atomic mass is 10.2. The topological polar surface area (TPSA) is 33.7 Å². The molecule has 0 bridgehead atoms. The van der Waals surface area contributed by atoms with Crippen LogP contribution < -0.4 is 10.1 Å². The van der Waals surface area contributed by atoms with Crippen molar-refractivity contribution < 1.29 is 9.47 Å². The Morgan fingerprint density at radius 2 is 2.29 bits per heavy atom. The van der Waals surface area contributed by atoms with Crippen molar-refractivity contribution in [1.29, 1.82) is 0 Å². The van der Waals surface area contributed by atoms with Gasteiger partial charge in [0.05, 0.1) is 13.2 Å². The molecule has 2 fully saturated rings. The second kappa shape index (κ2) is 7.25. The smallest absolute Gasteiger partial charge is 0.119 e. The average molecular weight is 290 g/mol. The molecule has 0 radical (unpaired) electrons. The van der Waals surface area contributed by atoms with Gasteiger partial charge in [-0.3, -0.25) is 4.90 Å². The van der Waals surface area contributed by atoms with Crippen molar-refractivity contribution in [2.24, 2.45) is 0 Å². The summed E-state index contributed by atoms with van der Waals surface area (Å²) in [6.07, 6.45) is 2.65. The van der Waals surface area contributed by atoms with Crippen LogP contribution in [0.25, 0.3) is 0 Å². The maximum absolute atomic E-state index is 5.91. The number of nitrogens with zero attached hydrogens (tertiary/aromatic N) is 1. The highest BCUT2D eigenvalue weighted by molar-refractivity contribution is 5.28. The Labute approximate surface area is 127 Å². The molecule has 0 amide bonds. The highest BCUT2D eigenvalue weighted by Crippen LogP contribution is 2.20. The maximum Gasteiger partial charge on any atom is 0.119 e. The van der Waals surface area contributed by atoms with Gasteiger partial charge in [0.15, 0.2) is 0 Å². The number of rotatable bonds is 7. The molecule has 0 aromatic heterocycles. The van der Waals surface area contributed by atoms with Crippen LogP contribution in [-0.4, -0.2) is 49.9 Å². The minimum atomic E-state index is 0.497. The molecule has 0 spiro atoms. The van der Waals surface area contributed by atoms with Crippen LogP contribution >= 0.6 is 0 Å². The number of hydrogen-bond acceptors (Lipinski definition) is 4. The molecule has 1 aromatic rings. The lowest BCUT2D eigenvalue weighted by Crippen LogP contribution is -2.45. The van der Waals surface area contributed by atoms with Crippen LogP contribution in [-0.2, 0) is 11.3 Å². The van der Waals surface area contributed by atoms with Crippen molar-refractivity contribution in [2.45, 2.75) is 38.4 Å². The standard InChI is InChI=1S/C17H26N2O2/c1-14-13-20-9-7-19(14)8-10-21-17-4-2-3-15(11-17)12-18-16-5-6-16/h2-4,11,14,16,18H,5-10,12-13H2,1H3. The van der Waals surface area contributed by atoms with Gasteiger partial charge in [-0.15, -0.1) is 0 Å². The van der Waals surface area contributed by atoms with E-state index in [9.17, 15) is 0 Å². The van der Waals surface area contributed by atoms with E-state index in [4.69, 9.17) is 9.47 Å². The average Bonchev–Trinajstić information content (AvgIpc) is 3.32. The summed E-state index contributed by atoms with van der Waals surface area (Å²) in [6.45, 7) is 7.55. The van der Waals surface area contributed by atoms with Gasteiger partial charge in [0.2, 0.25) is 0 Å². The minimum absolute atomic E-state index is 0.497. The third-order valence-corrected chi connectivity index (χ3v) is 4.22. The lowest BCUT2D eigenvalue weighted by molar-refractivity contribution is -0.00514. The SMILES string of the molecule is CC1COCCN1CCOc1cccc(CNC2CC2)c1. The molecule has 116 valence electrons. The summed E-state index contributed by atoms with van der Waals surface area (Å²) < 4.78 is 11.4. The summed E-state index contributed by atoms with van der Waals surface area (Å²) in [5.41, 5.74) is 1.30. The van der Waals surface area contributed by atoms with E-state index in [-0.39, 0.29) is 0 Å². The maximum atomic E-state index is 5.91. The van der Waals surface area contributed by atoms with Gasteiger partial charge in [0.1, 0.15) is 12.4 Å². The monoisotopic (exact) mass is 290 g/mol. The zero-order valence-corrected chi connectivity index (χ0v) is 12.9. The highest BCUT2D eigenvalue weighted by atomic mass is 16.5. The molecule has 3 rings (SSSR count). The summed E-state index contributed by atoms with van der Waals surface area (Å²) in [5.74, 6) is 0.978. The van der Waals surface area contributed by atoms with E-state index in [1.807, 2.05) is 6.07 Å². The van der Waals surface area contributed by atoms with E-state index in [0.29, 0.717) is 6.04 Å². The molecule has 1 aliphatic heterocycles. The van der Waals surface area contributed by atoms with E-state index in [0.717, 1.165) is 51.2 Å². The molecule has 4 heteroatoms. The molecule has 1 unspecified atom stereocenters. The second-order valence-corrected chi connectivity index (χ2v) is 6.11. The molecule has 1 N–H and O–H groups in total. The Hall–Kier alpha value is -1.10. The molecule has 1 heterocycles. The first-order valence-corrected chi connectivity index (χ1v) is 8.08. The van der Waals surface area contributed by atoms with Crippen molar-refractivity contribution in [3.63, 3.8) is 0 Å². The van der Waals surface area contributed by atoms with Gasteiger partial charge < -0.3 is 14.8 Å². The van der Waals surface area contributed by atoms with Crippen molar-refractivity contribution in [1.82, 2.24) is 10.2 Å². The van der Waals surface area contributed by atoms with Crippen LogP contribution in [0.5, 0.6) is 5.75 Å². The van der Waals surface area contributed by atoms with Crippen molar-refractivity contribution >= 4 is 0 Å². The highest BCUT2D eigenvalue weighted by Gasteiger charge is 2.20. The molecule has 1 aliphatic carbocycles. The third-order valence-electron chi connectivity index (χ3n) is 4.22. The summed E-state index contributed by atoms with van der Waals surface area (Å²) in [6, 6.07) is 9.68. The zero-order valence-electron chi connectivity index (χ0n) is 12.9. The first kappa shape index (κ1) is 14.8. The van der Waals surface area contributed by atoms with Gasteiger partial charge in [0, 0.05) is 31.7 Å². The van der Waals surface area contributed by atoms with Crippen LogP contribution in [0.1, 0.15) is 25.3 Å². The number of hydrogen-bond donors (Lipinski definition) is 1. The summed E-state index contributed by atoms with van der Waals surface area (Å²) in [7, 11) is 0. The van der Waals surface area contributed by atoms with Gasteiger partial charge in [-0.2, -0.15) is 0 Å². The van der Waals surface area contributed by atoms with Crippen LogP contribution in [0.4, 0.5) is 0 Å². The number of nitrogens with one attached hydrogen (secondary N) is 1. The molecule has 1 atom stereocenters. The molecular weight excluding hydrogens is 264 g/mol. The number of morpholine rings is 1. The Balaban J connectivity index is 1.42. The third kappa shape index (κ3) is 4.70. The normalized spacial score (nSPS) is 23.2. The Morgan fingerprint density at radius 3 is 3.10 bits per heavy atom. The molecule has 4 nitrogen and oxygen atoms in total. The lowest BCUT2D eigenvalue weighted by Gasteiger charge is -2.32. The summed E-state index contributed by atoms with van der Waals surface area (Å²) in [4.78, 5) is 2.43. The Bertz CT molecular complexity index is 448. The minimum Gasteiger partial charge on any atom is -0.492 e. The quantitative estimate of drug-likeness (QED) is 0.833. The molecular formula is C17H26N2O2. The van der Waals surface area contributed by atoms with Crippen LogP contribution in [0.15, 0.2) is 24.3 Å². The molecule has 1 saturated carbocycles. The first-order valence-electron chi connectivity index (χ1n) is 8.08. The second-order valence-electron chi connectivity index (χ2n) is 6.11. The van der Waals surface area contributed by atoms with Crippen molar-refractivity contribution in [3.8, 4) is 5.75 Å². The molecule has 21 heavy (non-hydrogen) atoms. The fraction of sp³-hybridized carbons (Fsp3) is 0.647. The van der Waals surface area contributed by atoms with E-state index >= 15 is 0 Å². The number of benzene rings is 1. The van der Waals surface area contributed by atoms with E-state index in [1.165, 1.54) is 18.4 Å². The van der Waals surface area contributed by atoms with Crippen LogP contribution in [0.2, 0.25) is 0 Å². The predicted octanol–water partition coefficient (Wildman–Crippen LogP) is 2.04. The largest absolute Gasteiger partial charge is 0.492 e. The van der Waals surface area contributed by atoms with Crippen LogP contribution in [0, 0.1) is 0 Å². The fourth-order valence-corrected chi connectivity index (χ4v) is 2.67. The van der Waals surface area contributed by atoms with Crippen molar-refractivity contribution in [3.05, 3.63) is 29.8 Å². The zero-order chi connectivity index (χ0) is 14.5. The predicted molar refractivity (Wildman–Crippen MR) is 83.7 cm³/mol. The number of ether oxygens (including phenoxy) is 2. The molecule has 1 aromatic carbocycles. The Kier molecular flexibility index (Phi) is 5.12. The van der Waals surface area contributed by atoms with Crippen LogP contribution in [0.3, 0.4) is 0 Å². The van der Waals surface area contributed by atoms with Gasteiger partial charge in [0.25, 0.3) is 0 Å². The van der Waals surface area contributed by atoms with E-state index in [2.05, 4.69) is 35.3 Å². The van der Waals surface area contributed by atoms with Crippen molar-refractivity contribution in [2.75, 3.05) is 32.9 Å². The van der Waals surface area contributed by atoms with E-state index < -0.39 is 0 Å². The van der Waals surface area contributed by atoms with Gasteiger partial charge in [-0.1, -0.05) is 12.1 Å². The molecule has 2 aliphatic rings. The first-order chi connectivity index (χ1) is 10.3. The fourth-order valence-electron chi connectivity index (χ4n) is 2.67. The summed E-state index contributed by atoms with van der Waals surface area (Å²) in [5, 5.41) is 3.54. The molecule has 1 saturated heterocycles. The van der Waals surface area contributed by atoms with Gasteiger partial charge in [-0.25, -0.2) is 0 Å². The van der Waals surface area contributed by atoms with E-state index in [1.54, 1.807) is 0 Å². The summed E-state index contributed by atoms with van der Waals surface area (Å²) >= 11 is 0.